The van der Waals surface area contributed by atoms with Crippen LogP contribution < -0.4 is 15.4 Å². The minimum Gasteiger partial charge on any atom is -0.496 e. The second kappa shape index (κ2) is 7.21. The molecule has 2 aromatic rings. The van der Waals surface area contributed by atoms with Gasteiger partial charge < -0.3 is 15.2 Å². The zero-order chi connectivity index (χ0) is 16.8. The molecule has 0 unspecified atom stereocenters. The van der Waals surface area contributed by atoms with Crippen LogP contribution in [0.2, 0.25) is 0 Å². The average molecular weight is 316 g/mol. The molecule has 0 aliphatic heterocycles. The highest BCUT2D eigenvalue weighted by Crippen LogP contribution is 2.22. The smallest absolute Gasteiger partial charge is 0.410 e. The highest BCUT2D eigenvalue weighted by molar-refractivity contribution is 6.05. The zero-order valence-corrected chi connectivity index (χ0v) is 12.7. The van der Waals surface area contributed by atoms with Crippen LogP contribution in [0.1, 0.15) is 23.0 Å². The maximum atomic E-state index is 12.3. The molecule has 0 aliphatic carbocycles. The molecular weight excluding hydrogens is 300 g/mol. The molecule has 2 heterocycles. The molecule has 0 spiro atoms. The normalized spacial score (nSPS) is 10.0. The number of hydrogen-bond acceptors (Lipinski definition) is 5. The number of carbonyl (C=O) groups is 2. The summed E-state index contributed by atoms with van der Waals surface area (Å²) in [5.41, 5.74) is 1.03. The van der Waals surface area contributed by atoms with Crippen LogP contribution in [0.15, 0.2) is 30.5 Å². The number of ether oxygens (including phenoxy) is 1. The molecule has 0 aliphatic rings. The van der Waals surface area contributed by atoms with Crippen molar-refractivity contribution in [1.29, 1.82) is 0 Å². The van der Waals surface area contributed by atoms with Gasteiger partial charge in [-0.2, -0.15) is 0 Å². The monoisotopic (exact) mass is 316 g/mol. The fourth-order valence-electron chi connectivity index (χ4n) is 1.88. The largest absolute Gasteiger partial charge is 0.496 e. The van der Waals surface area contributed by atoms with Gasteiger partial charge in [0.25, 0.3) is 5.91 Å². The molecule has 0 fully saturated rings. The number of aromatic nitrogens is 2. The van der Waals surface area contributed by atoms with E-state index in [1.807, 2.05) is 13.0 Å². The summed E-state index contributed by atoms with van der Waals surface area (Å²) < 4.78 is 5.12. The van der Waals surface area contributed by atoms with Crippen molar-refractivity contribution in [1.82, 2.24) is 9.97 Å². The molecule has 23 heavy (non-hydrogen) atoms. The first-order valence-electron chi connectivity index (χ1n) is 6.84. The highest BCUT2D eigenvalue weighted by atomic mass is 16.5. The maximum absolute atomic E-state index is 12.3. The average Bonchev–Trinajstić information content (AvgIpc) is 2.54. The maximum Gasteiger partial charge on any atom is 0.410 e. The van der Waals surface area contributed by atoms with Gasteiger partial charge in [-0.25, -0.2) is 14.8 Å². The van der Waals surface area contributed by atoms with Gasteiger partial charge >= 0.3 is 6.09 Å². The quantitative estimate of drug-likeness (QED) is 0.780. The second-order valence-corrected chi connectivity index (χ2v) is 4.52. The number of nitrogens with zero attached hydrogens (tertiary/aromatic N) is 2. The third-order valence-electron chi connectivity index (χ3n) is 2.98. The fraction of sp³-hybridized carbons (Fsp3) is 0.200. The van der Waals surface area contributed by atoms with Crippen molar-refractivity contribution in [3.63, 3.8) is 0 Å². The van der Waals surface area contributed by atoms with Gasteiger partial charge in [-0.3, -0.25) is 10.1 Å². The lowest BCUT2D eigenvalue weighted by molar-refractivity contribution is 0.102. The lowest BCUT2D eigenvalue weighted by Gasteiger charge is -2.10. The summed E-state index contributed by atoms with van der Waals surface area (Å²) in [5.74, 6) is 0.242. The van der Waals surface area contributed by atoms with Gasteiger partial charge in [0.1, 0.15) is 22.9 Å². The van der Waals surface area contributed by atoms with E-state index in [1.54, 1.807) is 12.1 Å². The standard InChI is InChI=1S/C15H16N4O4/c1-3-9-5-4-6-12(17-9)18-14(20)10-8-16-13(19-15(21)22)7-11(10)23-2/h4-8H,3H2,1-2H3,(H,16,19)(H,21,22)(H,17,18,20). The van der Waals surface area contributed by atoms with Crippen LogP contribution in [0.25, 0.3) is 0 Å². The van der Waals surface area contributed by atoms with Crippen LogP contribution in [0, 0.1) is 0 Å². The Kier molecular flexibility index (Phi) is 5.08. The summed E-state index contributed by atoms with van der Waals surface area (Å²) in [4.78, 5) is 31.1. The number of methoxy groups -OCH3 is 1. The van der Waals surface area contributed by atoms with Gasteiger partial charge in [0.15, 0.2) is 0 Å². The third kappa shape index (κ3) is 4.16. The minimum atomic E-state index is -1.25. The Morgan fingerprint density at radius 1 is 1.26 bits per heavy atom. The number of carbonyl (C=O) groups excluding carboxylic acids is 1. The van der Waals surface area contributed by atoms with E-state index < -0.39 is 12.0 Å². The molecule has 2 amide bonds. The Labute approximate surface area is 132 Å². The van der Waals surface area contributed by atoms with Crippen molar-refractivity contribution in [2.45, 2.75) is 13.3 Å². The number of carboxylic acid groups (broad SMARTS) is 1. The van der Waals surface area contributed by atoms with Crippen molar-refractivity contribution in [3.8, 4) is 5.75 Å². The number of aryl methyl sites for hydroxylation is 1. The van der Waals surface area contributed by atoms with E-state index in [0.717, 1.165) is 12.1 Å². The van der Waals surface area contributed by atoms with Crippen molar-refractivity contribution in [3.05, 3.63) is 41.7 Å². The third-order valence-corrected chi connectivity index (χ3v) is 2.98. The highest BCUT2D eigenvalue weighted by Gasteiger charge is 2.15. The van der Waals surface area contributed by atoms with E-state index in [2.05, 4.69) is 20.6 Å². The Hall–Kier alpha value is -3.16. The summed E-state index contributed by atoms with van der Waals surface area (Å²) >= 11 is 0. The van der Waals surface area contributed by atoms with Crippen LogP contribution in [0.5, 0.6) is 5.75 Å². The lowest BCUT2D eigenvalue weighted by atomic mass is 10.2. The predicted octanol–water partition coefficient (Wildman–Crippen LogP) is 2.39. The molecule has 0 atom stereocenters. The molecule has 8 heteroatoms. The van der Waals surface area contributed by atoms with Gasteiger partial charge in [0.05, 0.1) is 7.11 Å². The van der Waals surface area contributed by atoms with E-state index in [4.69, 9.17) is 9.84 Å². The van der Waals surface area contributed by atoms with Crippen LogP contribution in [-0.4, -0.2) is 34.2 Å². The van der Waals surface area contributed by atoms with E-state index in [0.29, 0.717) is 5.82 Å². The van der Waals surface area contributed by atoms with E-state index in [1.165, 1.54) is 19.4 Å². The molecule has 0 bridgehead atoms. The van der Waals surface area contributed by atoms with E-state index in [9.17, 15) is 9.59 Å². The molecule has 0 saturated heterocycles. The predicted molar refractivity (Wildman–Crippen MR) is 84.0 cm³/mol. The van der Waals surface area contributed by atoms with Gasteiger partial charge in [0, 0.05) is 18.0 Å². The lowest BCUT2D eigenvalue weighted by Crippen LogP contribution is -2.16. The Morgan fingerprint density at radius 2 is 2.04 bits per heavy atom. The number of hydrogen-bond donors (Lipinski definition) is 3. The van der Waals surface area contributed by atoms with Crippen LogP contribution >= 0.6 is 0 Å². The van der Waals surface area contributed by atoms with Gasteiger partial charge in [0.2, 0.25) is 0 Å². The Balaban J connectivity index is 2.22. The SMILES string of the molecule is CCc1cccc(NC(=O)c2cnc(NC(=O)O)cc2OC)n1. The Bertz CT molecular complexity index is 733. The summed E-state index contributed by atoms with van der Waals surface area (Å²) in [6, 6.07) is 6.68. The Morgan fingerprint density at radius 3 is 2.70 bits per heavy atom. The first kappa shape index (κ1) is 16.2. The van der Waals surface area contributed by atoms with E-state index >= 15 is 0 Å². The van der Waals surface area contributed by atoms with Crippen LogP contribution in [0.4, 0.5) is 16.4 Å². The number of nitrogens with one attached hydrogen (secondary N) is 2. The van der Waals surface area contributed by atoms with Crippen molar-refractivity contribution >= 4 is 23.6 Å². The molecule has 120 valence electrons. The summed E-state index contributed by atoms with van der Waals surface area (Å²) in [5, 5.41) is 13.4. The second-order valence-electron chi connectivity index (χ2n) is 4.52. The fourth-order valence-corrected chi connectivity index (χ4v) is 1.88. The molecule has 2 aromatic heterocycles. The number of pyridine rings is 2. The summed E-state index contributed by atoms with van der Waals surface area (Å²) in [6.45, 7) is 1.97. The topological polar surface area (TPSA) is 113 Å². The molecule has 0 saturated carbocycles. The van der Waals surface area contributed by atoms with Crippen molar-refractivity contribution in [2.75, 3.05) is 17.7 Å². The van der Waals surface area contributed by atoms with Crippen LogP contribution in [0.3, 0.4) is 0 Å². The van der Waals surface area contributed by atoms with Gasteiger partial charge in [-0.15, -0.1) is 0 Å². The molecule has 0 radical (unpaired) electrons. The zero-order valence-electron chi connectivity index (χ0n) is 12.7. The van der Waals surface area contributed by atoms with Crippen molar-refractivity contribution in [2.24, 2.45) is 0 Å². The first-order valence-corrected chi connectivity index (χ1v) is 6.84. The van der Waals surface area contributed by atoms with E-state index in [-0.39, 0.29) is 17.1 Å². The molecular formula is C15H16N4O4. The summed E-state index contributed by atoms with van der Waals surface area (Å²) in [7, 11) is 1.38. The minimum absolute atomic E-state index is 0.0667. The number of anilines is 2. The number of rotatable bonds is 5. The first-order chi connectivity index (χ1) is 11.0. The molecule has 3 N–H and O–H groups in total. The number of amides is 2. The van der Waals surface area contributed by atoms with Gasteiger partial charge in [-0.05, 0) is 18.6 Å². The van der Waals surface area contributed by atoms with Crippen LogP contribution in [-0.2, 0) is 6.42 Å². The molecule has 2 rings (SSSR count). The van der Waals surface area contributed by atoms with Gasteiger partial charge in [-0.1, -0.05) is 13.0 Å². The molecule has 8 nitrogen and oxygen atoms in total. The summed E-state index contributed by atoms with van der Waals surface area (Å²) in [6.07, 6.45) is 0.741. The van der Waals surface area contributed by atoms with Crippen molar-refractivity contribution < 1.29 is 19.4 Å². The molecule has 0 aromatic carbocycles.